The van der Waals surface area contributed by atoms with E-state index in [9.17, 15) is 4.79 Å². The molecule has 0 radical (unpaired) electrons. The van der Waals surface area contributed by atoms with Gasteiger partial charge in [0.2, 0.25) is 0 Å². The Morgan fingerprint density at radius 3 is 2.40 bits per heavy atom. The van der Waals surface area contributed by atoms with E-state index in [0.717, 1.165) is 16.0 Å². The van der Waals surface area contributed by atoms with Crippen molar-refractivity contribution in [3.63, 3.8) is 0 Å². The van der Waals surface area contributed by atoms with Crippen LogP contribution in [0.5, 0.6) is 0 Å². The van der Waals surface area contributed by atoms with Gasteiger partial charge in [0.25, 0.3) is 5.91 Å². The summed E-state index contributed by atoms with van der Waals surface area (Å²) < 4.78 is 0. The van der Waals surface area contributed by atoms with Crippen LogP contribution in [-0.4, -0.2) is 17.9 Å². The molecule has 0 aliphatic carbocycles. The Bertz CT molecular complexity index is 619. The lowest BCUT2D eigenvalue weighted by Crippen LogP contribution is -2.26. The SMILES string of the molecule is Cc1ccc(CN(C)C(=O)c2cc(S)ccc2C)cc1. The molecular formula is C17H19NOS. The molecule has 0 bridgehead atoms. The Hall–Kier alpha value is -1.74. The lowest BCUT2D eigenvalue weighted by molar-refractivity contribution is 0.0784. The highest BCUT2D eigenvalue weighted by Gasteiger charge is 2.14. The minimum Gasteiger partial charge on any atom is -0.337 e. The number of hydrogen-bond acceptors (Lipinski definition) is 2. The summed E-state index contributed by atoms with van der Waals surface area (Å²) in [7, 11) is 1.83. The number of amides is 1. The molecule has 20 heavy (non-hydrogen) atoms. The fourth-order valence-corrected chi connectivity index (χ4v) is 2.29. The first-order chi connectivity index (χ1) is 9.47. The summed E-state index contributed by atoms with van der Waals surface area (Å²) in [5.41, 5.74) is 4.04. The summed E-state index contributed by atoms with van der Waals surface area (Å²) >= 11 is 4.30. The molecule has 0 aliphatic heterocycles. The summed E-state index contributed by atoms with van der Waals surface area (Å²) in [6, 6.07) is 13.9. The molecule has 2 rings (SSSR count). The maximum Gasteiger partial charge on any atom is 0.254 e. The van der Waals surface area contributed by atoms with Crippen molar-refractivity contribution in [2.75, 3.05) is 7.05 Å². The van der Waals surface area contributed by atoms with Crippen molar-refractivity contribution in [2.24, 2.45) is 0 Å². The molecule has 0 saturated heterocycles. The first-order valence-electron chi connectivity index (χ1n) is 6.58. The zero-order valence-electron chi connectivity index (χ0n) is 12.1. The number of nitrogens with zero attached hydrogens (tertiary/aromatic N) is 1. The van der Waals surface area contributed by atoms with Crippen LogP contribution in [-0.2, 0) is 6.54 Å². The molecule has 1 amide bonds. The molecule has 0 saturated carbocycles. The van der Waals surface area contributed by atoms with Gasteiger partial charge in [-0.1, -0.05) is 35.9 Å². The highest BCUT2D eigenvalue weighted by Crippen LogP contribution is 2.17. The lowest BCUT2D eigenvalue weighted by atomic mass is 10.1. The molecule has 0 spiro atoms. The van der Waals surface area contributed by atoms with Gasteiger partial charge in [-0.3, -0.25) is 4.79 Å². The fourth-order valence-electron chi connectivity index (χ4n) is 2.09. The molecule has 2 aromatic rings. The number of benzene rings is 2. The maximum atomic E-state index is 12.5. The second-order valence-electron chi connectivity index (χ2n) is 5.15. The second-order valence-corrected chi connectivity index (χ2v) is 5.66. The van der Waals surface area contributed by atoms with Crippen LogP contribution in [0.15, 0.2) is 47.4 Å². The highest BCUT2D eigenvalue weighted by atomic mass is 32.1. The van der Waals surface area contributed by atoms with Crippen molar-refractivity contribution < 1.29 is 4.79 Å². The third-order valence-corrected chi connectivity index (χ3v) is 3.62. The van der Waals surface area contributed by atoms with Crippen LogP contribution in [0, 0.1) is 13.8 Å². The third-order valence-electron chi connectivity index (χ3n) is 3.34. The van der Waals surface area contributed by atoms with E-state index >= 15 is 0 Å². The van der Waals surface area contributed by atoms with E-state index in [1.165, 1.54) is 5.56 Å². The van der Waals surface area contributed by atoms with Crippen molar-refractivity contribution in [1.82, 2.24) is 4.90 Å². The average molecular weight is 285 g/mol. The van der Waals surface area contributed by atoms with Gasteiger partial charge in [-0.25, -0.2) is 0 Å². The smallest absolute Gasteiger partial charge is 0.254 e. The number of hydrogen-bond donors (Lipinski definition) is 1. The summed E-state index contributed by atoms with van der Waals surface area (Å²) in [4.78, 5) is 15.0. The summed E-state index contributed by atoms with van der Waals surface area (Å²) in [5.74, 6) is 0.0268. The molecule has 3 heteroatoms. The maximum absolute atomic E-state index is 12.5. The fraction of sp³-hybridized carbons (Fsp3) is 0.235. The second kappa shape index (κ2) is 6.14. The van der Waals surface area contributed by atoms with Crippen LogP contribution in [0.3, 0.4) is 0 Å². The van der Waals surface area contributed by atoms with Gasteiger partial charge in [-0.05, 0) is 37.1 Å². The van der Waals surface area contributed by atoms with Gasteiger partial charge in [-0.15, -0.1) is 12.6 Å². The Morgan fingerprint density at radius 2 is 1.75 bits per heavy atom. The van der Waals surface area contributed by atoms with Gasteiger partial charge in [0.1, 0.15) is 0 Å². The van der Waals surface area contributed by atoms with Gasteiger partial charge in [0.15, 0.2) is 0 Å². The largest absolute Gasteiger partial charge is 0.337 e. The van der Waals surface area contributed by atoms with Crippen molar-refractivity contribution >= 4 is 18.5 Å². The topological polar surface area (TPSA) is 20.3 Å². The molecule has 2 nitrogen and oxygen atoms in total. The summed E-state index contributed by atoms with van der Waals surface area (Å²) in [6.45, 7) is 4.61. The number of rotatable bonds is 3. The minimum absolute atomic E-state index is 0.0268. The van der Waals surface area contributed by atoms with Crippen LogP contribution in [0.25, 0.3) is 0 Å². The molecule has 0 fully saturated rings. The average Bonchev–Trinajstić information content (AvgIpc) is 2.43. The quantitative estimate of drug-likeness (QED) is 0.849. The van der Waals surface area contributed by atoms with E-state index < -0.39 is 0 Å². The minimum atomic E-state index is 0.0268. The Kier molecular flexibility index (Phi) is 4.50. The van der Waals surface area contributed by atoms with Crippen molar-refractivity contribution in [1.29, 1.82) is 0 Å². The summed E-state index contributed by atoms with van der Waals surface area (Å²) in [5, 5.41) is 0. The van der Waals surface area contributed by atoms with Gasteiger partial charge >= 0.3 is 0 Å². The molecule has 2 aromatic carbocycles. The molecule has 0 atom stereocenters. The van der Waals surface area contributed by atoms with Crippen LogP contribution < -0.4 is 0 Å². The molecule has 0 heterocycles. The van der Waals surface area contributed by atoms with Gasteiger partial charge < -0.3 is 4.90 Å². The predicted octanol–water partition coefficient (Wildman–Crippen LogP) is 3.86. The molecule has 104 valence electrons. The molecule has 0 unspecified atom stereocenters. The normalized spacial score (nSPS) is 10.4. The Morgan fingerprint density at radius 1 is 1.10 bits per heavy atom. The van der Waals surface area contributed by atoms with E-state index in [1.807, 2.05) is 32.2 Å². The summed E-state index contributed by atoms with van der Waals surface area (Å²) in [6.07, 6.45) is 0. The first-order valence-corrected chi connectivity index (χ1v) is 7.02. The van der Waals surface area contributed by atoms with Crippen molar-refractivity contribution in [2.45, 2.75) is 25.3 Å². The van der Waals surface area contributed by atoms with Gasteiger partial charge in [0.05, 0.1) is 0 Å². The number of thiol groups is 1. The monoisotopic (exact) mass is 285 g/mol. The molecule has 0 N–H and O–H groups in total. The number of carbonyl (C=O) groups is 1. The van der Waals surface area contributed by atoms with Gasteiger partial charge in [0, 0.05) is 24.1 Å². The van der Waals surface area contributed by atoms with E-state index in [4.69, 9.17) is 0 Å². The Labute approximate surface area is 125 Å². The van der Waals surface area contributed by atoms with E-state index in [-0.39, 0.29) is 5.91 Å². The van der Waals surface area contributed by atoms with Crippen LogP contribution in [0.4, 0.5) is 0 Å². The van der Waals surface area contributed by atoms with Crippen LogP contribution in [0.2, 0.25) is 0 Å². The van der Waals surface area contributed by atoms with Crippen LogP contribution in [0.1, 0.15) is 27.0 Å². The van der Waals surface area contributed by atoms with Crippen molar-refractivity contribution in [3.05, 3.63) is 64.7 Å². The number of aryl methyl sites for hydroxylation is 2. The predicted molar refractivity (Wildman–Crippen MR) is 85.4 cm³/mol. The lowest BCUT2D eigenvalue weighted by Gasteiger charge is -2.19. The highest BCUT2D eigenvalue weighted by molar-refractivity contribution is 7.80. The standard InChI is InChI=1S/C17H19NOS/c1-12-4-7-14(8-5-12)11-18(3)17(19)16-10-15(20)9-6-13(16)2/h4-10,20H,11H2,1-3H3. The van der Waals surface area contributed by atoms with Crippen molar-refractivity contribution in [3.8, 4) is 0 Å². The molecular weight excluding hydrogens is 266 g/mol. The van der Waals surface area contributed by atoms with E-state index in [2.05, 4.69) is 43.8 Å². The molecule has 0 aliphatic rings. The Balaban J connectivity index is 2.16. The van der Waals surface area contributed by atoms with E-state index in [1.54, 1.807) is 4.90 Å². The molecule has 0 aromatic heterocycles. The first kappa shape index (κ1) is 14.7. The zero-order valence-corrected chi connectivity index (χ0v) is 12.9. The van der Waals surface area contributed by atoms with Gasteiger partial charge in [-0.2, -0.15) is 0 Å². The zero-order chi connectivity index (χ0) is 14.7. The van der Waals surface area contributed by atoms with E-state index in [0.29, 0.717) is 12.1 Å². The number of carbonyl (C=O) groups excluding carboxylic acids is 1. The van der Waals surface area contributed by atoms with Crippen LogP contribution >= 0.6 is 12.6 Å². The third kappa shape index (κ3) is 3.42.